The van der Waals surface area contributed by atoms with Crippen molar-refractivity contribution in [2.45, 2.75) is 45.6 Å². The highest BCUT2D eigenvalue weighted by molar-refractivity contribution is 6.29. The Morgan fingerprint density at radius 3 is 2.63 bits per heavy atom. The normalized spacial score (nSPS) is 24.6. The summed E-state index contributed by atoms with van der Waals surface area (Å²) in [6.45, 7) is 9.78. The first-order valence-electron chi connectivity index (χ1n) is 6.75. The first-order valence-corrected chi connectivity index (χ1v) is 7.13. The number of anilines is 1. The zero-order valence-electron chi connectivity index (χ0n) is 12.0. The van der Waals surface area contributed by atoms with Gasteiger partial charge in [-0.2, -0.15) is 0 Å². The van der Waals surface area contributed by atoms with E-state index in [1.807, 2.05) is 0 Å². The summed E-state index contributed by atoms with van der Waals surface area (Å²) >= 11 is 6.10. The quantitative estimate of drug-likeness (QED) is 0.805. The molecule has 0 radical (unpaired) electrons. The predicted octanol–water partition coefficient (Wildman–Crippen LogP) is 2.63. The molecular weight excluding hydrogens is 262 g/mol. The monoisotopic (exact) mass is 283 g/mol. The van der Waals surface area contributed by atoms with Crippen molar-refractivity contribution in [3.8, 4) is 0 Å². The minimum atomic E-state index is -0.305. The van der Waals surface area contributed by atoms with Gasteiger partial charge in [0.2, 0.25) is 0 Å². The van der Waals surface area contributed by atoms with Crippen molar-refractivity contribution in [2.24, 2.45) is 5.92 Å². The van der Waals surface area contributed by atoms with Gasteiger partial charge in [0.25, 0.3) is 0 Å². The van der Waals surface area contributed by atoms with Crippen molar-refractivity contribution in [3.05, 3.63) is 17.0 Å². The Bertz CT molecular complexity index is 458. The molecule has 106 valence electrons. The Labute approximate surface area is 119 Å². The molecule has 1 aromatic heterocycles. The van der Waals surface area contributed by atoms with E-state index in [4.69, 9.17) is 11.6 Å². The first kappa shape index (κ1) is 14.5. The number of hydrogen-bond acceptors (Lipinski definition) is 4. The summed E-state index contributed by atoms with van der Waals surface area (Å²) in [6.07, 6.45) is 0.661. The summed E-state index contributed by atoms with van der Waals surface area (Å²) in [7, 11) is 0. The Kier molecular flexibility index (Phi) is 4.02. The van der Waals surface area contributed by atoms with E-state index in [0.29, 0.717) is 17.6 Å². The van der Waals surface area contributed by atoms with Gasteiger partial charge in [-0.3, -0.25) is 0 Å². The van der Waals surface area contributed by atoms with Crippen molar-refractivity contribution in [3.63, 3.8) is 0 Å². The maximum absolute atomic E-state index is 9.99. The van der Waals surface area contributed by atoms with Crippen LogP contribution < -0.4 is 4.90 Å². The number of aliphatic hydroxyl groups is 1. The molecular formula is C14H22ClN3O. The highest BCUT2D eigenvalue weighted by Gasteiger charge is 2.27. The van der Waals surface area contributed by atoms with Crippen LogP contribution in [-0.2, 0) is 5.41 Å². The largest absolute Gasteiger partial charge is 0.391 e. The van der Waals surface area contributed by atoms with Gasteiger partial charge in [0.15, 0.2) is 0 Å². The van der Waals surface area contributed by atoms with Crippen LogP contribution in [0.5, 0.6) is 0 Å². The number of β-amino-alcohol motifs (C(OH)–C–C–N with tert-alkyl or cyclic N) is 1. The van der Waals surface area contributed by atoms with Gasteiger partial charge in [0, 0.05) is 24.6 Å². The molecule has 0 amide bonds. The van der Waals surface area contributed by atoms with Gasteiger partial charge in [-0.1, -0.05) is 39.3 Å². The molecule has 0 aromatic carbocycles. The van der Waals surface area contributed by atoms with E-state index >= 15 is 0 Å². The van der Waals surface area contributed by atoms with E-state index in [-0.39, 0.29) is 11.5 Å². The minimum Gasteiger partial charge on any atom is -0.391 e. The fourth-order valence-electron chi connectivity index (χ4n) is 2.16. The van der Waals surface area contributed by atoms with Crippen molar-refractivity contribution in [2.75, 3.05) is 18.0 Å². The highest BCUT2D eigenvalue weighted by Crippen LogP contribution is 2.27. The Morgan fingerprint density at radius 1 is 1.37 bits per heavy atom. The lowest BCUT2D eigenvalue weighted by Crippen LogP contribution is -2.43. The smallest absolute Gasteiger partial charge is 0.137 e. The lowest BCUT2D eigenvalue weighted by atomic mass is 9.95. The second-order valence-corrected chi connectivity index (χ2v) is 6.79. The Balaban J connectivity index is 2.28. The molecule has 1 saturated heterocycles. The zero-order valence-corrected chi connectivity index (χ0v) is 12.8. The van der Waals surface area contributed by atoms with Crippen LogP contribution in [0.25, 0.3) is 0 Å². The van der Waals surface area contributed by atoms with Crippen LogP contribution in [0, 0.1) is 5.92 Å². The van der Waals surface area contributed by atoms with E-state index in [1.165, 1.54) is 0 Å². The van der Waals surface area contributed by atoms with Crippen LogP contribution >= 0.6 is 11.6 Å². The lowest BCUT2D eigenvalue weighted by molar-refractivity contribution is 0.102. The van der Waals surface area contributed by atoms with Crippen molar-refractivity contribution < 1.29 is 5.11 Å². The maximum atomic E-state index is 9.99. The van der Waals surface area contributed by atoms with Crippen LogP contribution in [0.3, 0.4) is 0 Å². The molecule has 19 heavy (non-hydrogen) atoms. The van der Waals surface area contributed by atoms with Crippen molar-refractivity contribution >= 4 is 17.4 Å². The van der Waals surface area contributed by atoms with Crippen LogP contribution in [0.15, 0.2) is 6.07 Å². The van der Waals surface area contributed by atoms with Crippen molar-refractivity contribution in [1.82, 2.24) is 9.97 Å². The second-order valence-electron chi connectivity index (χ2n) is 6.40. The second kappa shape index (κ2) is 5.25. The topological polar surface area (TPSA) is 49.2 Å². The lowest BCUT2D eigenvalue weighted by Gasteiger charge is -2.35. The average Bonchev–Trinajstić information content (AvgIpc) is 2.31. The molecule has 2 rings (SSSR count). The highest BCUT2D eigenvalue weighted by atomic mass is 35.5. The molecule has 1 aliphatic heterocycles. The molecule has 0 spiro atoms. The SMILES string of the molecule is CC1CCN(c2cc(Cl)nc(C(C)(C)C)n2)CC1O. The third-order valence-corrected chi connectivity index (χ3v) is 3.79. The van der Waals surface area contributed by atoms with E-state index < -0.39 is 0 Å². The molecule has 1 aromatic rings. The van der Waals surface area contributed by atoms with Crippen LogP contribution in [0.2, 0.25) is 5.15 Å². The number of nitrogens with zero attached hydrogens (tertiary/aromatic N) is 3. The van der Waals surface area contributed by atoms with Crippen LogP contribution in [0.1, 0.15) is 39.9 Å². The van der Waals surface area contributed by atoms with Gasteiger partial charge < -0.3 is 10.0 Å². The summed E-state index contributed by atoms with van der Waals surface area (Å²) in [4.78, 5) is 11.0. The maximum Gasteiger partial charge on any atom is 0.137 e. The summed E-state index contributed by atoms with van der Waals surface area (Å²) < 4.78 is 0. The molecule has 4 nitrogen and oxygen atoms in total. The molecule has 2 heterocycles. The molecule has 1 aliphatic rings. The third kappa shape index (κ3) is 3.37. The first-order chi connectivity index (χ1) is 8.77. The average molecular weight is 284 g/mol. The van der Waals surface area contributed by atoms with Gasteiger partial charge in [0.05, 0.1) is 6.10 Å². The zero-order chi connectivity index (χ0) is 14.2. The molecule has 1 fully saturated rings. The van der Waals surface area contributed by atoms with E-state index in [0.717, 1.165) is 24.6 Å². The standard InChI is InChI=1S/C14H22ClN3O/c1-9-5-6-18(8-10(9)19)12-7-11(15)16-13(17-12)14(2,3)4/h7,9-10,19H,5-6,8H2,1-4H3. The van der Waals surface area contributed by atoms with Gasteiger partial charge in [-0.15, -0.1) is 0 Å². The predicted molar refractivity (Wildman–Crippen MR) is 77.7 cm³/mol. The molecule has 0 aliphatic carbocycles. The molecule has 0 bridgehead atoms. The fourth-order valence-corrected chi connectivity index (χ4v) is 2.34. The van der Waals surface area contributed by atoms with E-state index in [2.05, 4.69) is 42.6 Å². The van der Waals surface area contributed by atoms with Crippen molar-refractivity contribution in [1.29, 1.82) is 0 Å². The summed E-state index contributed by atoms with van der Waals surface area (Å²) in [5.74, 6) is 1.90. The van der Waals surface area contributed by atoms with E-state index in [9.17, 15) is 5.11 Å². The van der Waals surface area contributed by atoms with Gasteiger partial charge in [-0.05, 0) is 12.3 Å². The van der Waals surface area contributed by atoms with Gasteiger partial charge >= 0.3 is 0 Å². The minimum absolute atomic E-state index is 0.138. The number of hydrogen-bond donors (Lipinski definition) is 1. The number of piperidine rings is 1. The molecule has 0 saturated carbocycles. The number of rotatable bonds is 1. The Hall–Kier alpha value is -0.870. The van der Waals surface area contributed by atoms with Gasteiger partial charge in [0.1, 0.15) is 16.8 Å². The number of aliphatic hydroxyl groups excluding tert-OH is 1. The number of aromatic nitrogens is 2. The molecule has 5 heteroatoms. The number of halogens is 1. The summed E-state index contributed by atoms with van der Waals surface area (Å²) in [6, 6.07) is 1.78. The molecule has 2 atom stereocenters. The molecule has 1 N–H and O–H groups in total. The van der Waals surface area contributed by atoms with Crippen LogP contribution in [0.4, 0.5) is 5.82 Å². The van der Waals surface area contributed by atoms with E-state index in [1.54, 1.807) is 6.07 Å². The van der Waals surface area contributed by atoms with Crippen LogP contribution in [-0.4, -0.2) is 34.3 Å². The Morgan fingerprint density at radius 2 is 2.05 bits per heavy atom. The molecule has 2 unspecified atom stereocenters. The third-order valence-electron chi connectivity index (χ3n) is 3.59. The summed E-state index contributed by atoms with van der Waals surface area (Å²) in [5.41, 5.74) is -0.138. The summed E-state index contributed by atoms with van der Waals surface area (Å²) in [5, 5.41) is 10.5. The fraction of sp³-hybridized carbons (Fsp3) is 0.714. The van der Waals surface area contributed by atoms with Gasteiger partial charge in [-0.25, -0.2) is 9.97 Å².